The Morgan fingerprint density at radius 2 is 2.04 bits per heavy atom. The number of halogens is 3. The minimum Gasteiger partial charge on any atom is -0.468 e. The molecule has 0 fully saturated rings. The number of amides is 1. The molecular weight excluding hydrogens is 379 g/mol. The van der Waals surface area contributed by atoms with E-state index in [2.05, 4.69) is 25.1 Å². The average Bonchev–Trinajstić information content (AvgIpc) is 2.99. The van der Waals surface area contributed by atoms with E-state index in [4.69, 9.17) is 0 Å². The number of carbonyl (C=O) groups excluding carboxylic acids is 1. The topological polar surface area (TPSA) is 101 Å². The van der Waals surface area contributed by atoms with Gasteiger partial charge in [0, 0.05) is 35.6 Å². The zero-order valence-electron chi connectivity index (χ0n) is 14.9. The molecule has 3 rings (SSSR count). The molecule has 0 saturated heterocycles. The molecule has 3 aromatic rings. The second-order valence-electron chi connectivity index (χ2n) is 6.02. The highest BCUT2D eigenvalue weighted by molar-refractivity contribution is 5.92. The standard InChI is InChI=1S/C17H16F3N5O3/c1-9-11(10(2)25-13(22-9)6-14(26)24-25)7-21-16(27)12-4-3-5-15(23-12)28-8-17(18,19)20/h3-6H,7-8H2,1-2H3,(H,21,27)(H,24,26). The Labute approximate surface area is 156 Å². The molecule has 0 radical (unpaired) electrons. The fourth-order valence-corrected chi connectivity index (χ4v) is 2.65. The number of pyridine rings is 1. The number of ether oxygens (including phenoxy) is 1. The Morgan fingerprint density at radius 1 is 1.29 bits per heavy atom. The first kappa shape index (κ1) is 19.4. The van der Waals surface area contributed by atoms with Crippen molar-refractivity contribution in [1.82, 2.24) is 24.9 Å². The molecule has 0 aliphatic rings. The Kier molecular flexibility index (Phi) is 5.08. The van der Waals surface area contributed by atoms with Crippen LogP contribution in [0.5, 0.6) is 5.88 Å². The van der Waals surface area contributed by atoms with E-state index < -0.39 is 18.7 Å². The number of hydrogen-bond donors (Lipinski definition) is 2. The summed E-state index contributed by atoms with van der Waals surface area (Å²) in [6.07, 6.45) is -4.50. The maximum absolute atomic E-state index is 12.3. The third-order valence-corrected chi connectivity index (χ3v) is 3.97. The summed E-state index contributed by atoms with van der Waals surface area (Å²) in [6.45, 7) is 2.11. The maximum atomic E-state index is 12.3. The number of nitrogens with one attached hydrogen (secondary N) is 2. The summed E-state index contributed by atoms with van der Waals surface area (Å²) < 4.78 is 42.8. The van der Waals surface area contributed by atoms with Crippen LogP contribution in [0.1, 0.15) is 27.4 Å². The van der Waals surface area contributed by atoms with E-state index in [1.54, 1.807) is 13.8 Å². The zero-order chi connectivity index (χ0) is 20.5. The molecule has 8 nitrogen and oxygen atoms in total. The van der Waals surface area contributed by atoms with E-state index in [1.807, 2.05) is 0 Å². The highest BCUT2D eigenvalue weighted by Crippen LogP contribution is 2.17. The van der Waals surface area contributed by atoms with Gasteiger partial charge in [-0.2, -0.15) is 13.2 Å². The number of nitrogens with zero attached hydrogens (tertiary/aromatic N) is 3. The number of aromatic amines is 1. The molecule has 3 aromatic heterocycles. The molecule has 0 saturated carbocycles. The van der Waals surface area contributed by atoms with Crippen LogP contribution in [0.2, 0.25) is 0 Å². The van der Waals surface area contributed by atoms with E-state index in [1.165, 1.54) is 28.8 Å². The Balaban J connectivity index is 1.74. The SMILES string of the molecule is Cc1nc2cc(=O)[nH]n2c(C)c1CNC(=O)c1cccc(OCC(F)(F)F)n1. The van der Waals surface area contributed by atoms with Crippen molar-refractivity contribution in [3.8, 4) is 5.88 Å². The van der Waals surface area contributed by atoms with E-state index in [0.29, 0.717) is 22.6 Å². The predicted octanol–water partition coefficient (Wildman–Crippen LogP) is 1.91. The summed E-state index contributed by atoms with van der Waals surface area (Å²) in [5.74, 6) is -0.886. The fourth-order valence-electron chi connectivity index (χ4n) is 2.65. The second-order valence-corrected chi connectivity index (χ2v) is 6.02. The molecule has 2 N–H and O–H groups in total. The molecule has 0 unspecified atom stereocenters. The van der Waals surface area contributed by atoms with Gasteiger partial charge in [-0.15, -0.1) is 0 Å². The van der Waals surface area contributed by atoms with Crippen LogP contribution in [0.15, 0.2) is 29.1 Å². The number of aryl methyl sites for hydroxylation is 2. The van der Waals surface area contributed by atoms with Crippen LogP contribution in [0.4, 0.5) is 13.2 Å². The highest BCUT2D eigenvalue weighted by Gasteiger charge is 2.28. The number of alkyl halides is 3. The normalized spacial score (nSPS) is 11.6. The summed E-state index contributed by atoms with van der Waals surface area (Å²) in [7, 11) is 0. The molecule has 148 valence electrons. The molecule has 0 atom stereocenters. The zero-order valence-corrected chi connectivity index (χ0v) is 14.9. The molecule has 11 heteroatoms. The average molecular weight is 395 g/mol. The minimum absolute atomic E-state index is 0.0848. The van der Waals surface area contributed by atoms with Crippen LogP contribution in [-0.4, -0.2) is 38.3 Å². The Hall–Kier alpha value is -3.37. The molecule has 0 aliphatic heterocycles. The van der Waals surface area contributed by atoms with Crippen LogP contribution in [0.3, 0.4) is 0 Å². The molecule has 1 amide bonds. The van der Waals surface area contributed by atoms with Gasteiger partial charge in [0.2, 0.25) is 5.88 Å². The number of aromatic nitrogens is 4. The van der Waals surface area contributed by atoms with Crippen LogP contribution in [0, 0.1) is 13.8 Å². The lowest BCUT2D eigenvalue weighted by atomic mass is 10.1. The van der Waals surface area contributed by atoms with E-state index in [9.17, 15) is 22.8 Å². The number of H-pyrrole nitrogens is 1. The van der Waals surface area contributed by atoms with E-state index in [-0.39, 0.29) is 23.7 Å². The van der Waals surface area contributed by atoms with E-state index >= 15 is 0 Å². The van der Waals surface area contributed by atoms with Gasteiger partial charge in [-0.1, -0.05) is 6.07 Å². The van der Waals surface area contributed by atoms with Crippen LogP contribution >= 0.6 is 0 Å². The van der Waals surface area contributed by atoms with Crippen molar-refractivity contribution in [2.24, 2.45) is 0 Å². The van der Waals surface area contributed by atoms with Crippen molar-refractivity contribution in [2.45, 2.75) is 26.6 Å². The van der Waals surface area contributed by atoms with Gasteiger partial charge in [0.25, 0.3) is 11.5 Å². The van der Waals surface area contributed by atoms with Gasteiger partial charge in [-0.3, -0.25) is 14.7 Å². The second kappa shape index (κ2) is 7.33. The van der Waals surface area contributed by atoms with Crippen molar-refractivity contribution in [3.05, 3.63) is 57.3 Å². The van der Waals surface area contributed by atoms with Gasteiger partial charge in [0.05, 0.1) is 0 Å². The number of fused-ring (bicyclic) bond motifs is 1. The molecule has 0 spiro atoms. The number of hydrogen-bond acceptors (Lipinski definition) is 5. The smallest absolute Gasteiger partial charge is 0.422 e. The molecule has 28 heavy (non-hydrogen) atoms. The third kappa shape index (κ3) is 4.30. The Morgan fingerprint density at radius 3 is 2.75 bits per heavy atom. The summed E-state index contributed by atoms with van der Waals surface area (Å²) >= 11 is 0. The van der Waals surface area contributed by atoms with Crippen molar-refractivity contribution in [3.63, 3.8) is 0 Å². The van der Waals surface area contributed by atoms with E-state index in [0.717, 1.165) is 0 Å². The monoisotopic (exact) mass is 395 g/mol. The molecular formula is C17H16F3N5O3. The first-order chi connectivity index (χ1) is 13.1. The number of rotatable bonds is 5. The third-order valence-electron chi connectivity index (χ3n) is 3.97. The van der Waals surface area contributed by atoms with Crippen molar-refractivity contribution >= 4 is 11.6 Å². The minimum atomic E-state index is -4.50. The summed E-state index contributed by atoms with van der Waals surface area (Å²) in [6, 6.07) is 5.33. The van der Waals surface area contributed by atoms with Gasteiger partial charge in [0.15, 0.2) is 12.3 Å². The summed E-state index contributed by atoms with van der Waals surface area (Å²) in [4.78, 5) is 31.9. The van der Waals surface area contributed by atoms with Gasteiger partial charge >= 0.3 is 6.18 Å². The molecule has 0 aliphatic carbocycles. The first-order valence-corrected chi connectivity index (χ1v) is 8.17. The molecule has 0 bridgehead atoms. The van der Waals surface area contributed by atoms with Crippen LogP contribution in [-0.2, 0) is 6.54 Å². The predicted molar refractivity (Wildman–Crippen MR) is 92.2 cm³/mol. The van der Waals surface area contributed by atoms with Gasteiger partial charge in [-0.25, -0.2) is 14.5 Å². The van der Waals surface area contributed by atoms with Gasteiger partial charge < -0.3 is 10.1 Å². The van der Waals surface area contributed by atoms with Crippen molar-refractivity contribution in [2.75, 3.05) is 6.61 Å². The van der Waals surface area contributed by atoms with Crippen LogP contribution in [0.25, 0.3) is 5.65 Å². The fraction of sp³-hybridized carbons (Fsp3) is 0.294. The van der Waals surface area contributed by atoms with Gasteiger partial charge in [0.1, 0.15) is 5.69 Å². The largest absolute Gasteiger partial charge is 0.468 e. The van der Waals surface area contributed by atoms with Crippen LogP contribution < -0.4 is 15.6 Å². The lowest BCUT2D eigenvalue weighted by molar-refractivity contribution is -0.154. The summed E-state index contributed by atoms with van der Waals surface area (Å²) in [5.41, 5.74) is 2.10. The highest BCUT2D eigenvalue weighted by atomic mass is 19.4. The van der Waals surface area contributed by atoms with Gasteiger partial charge in [-0.05, 0) is 19.9 Å². The molecule has 3 heterocycles. The number of carbonyl (C=O) groups is 1. The molecule has 0 aromatic carbocycles. The lowest BCUT2D eigenvalue weighted by Gasteiger charge is -2.13. The van der Waals surface area contributed by atoms with Crippen molar-refractivity contribution in [1.29, 1.82) is 0 Å². The Bertz CT molecular complexity index is 1090. The quantitative estimate of drug-likeness (QED) is 0.687. The van der Waals surface area contributed by atoms with Crippen molar-refractivity contribution < 1.29 is 22.7 Å². The maximum Gasteiger partial charge on any atom is 0.422 e. The summed E-state index contributed by atoms with van der Waals surface area (Å²) in [5, 5.41) is 5.26. The first-order valence-electron chi connectivity index (χ1n) is 8.17. The lowest BCUT2D eigenvalue weighted by Crippen LogP contribution is -2.26.